The fraction of sp³-hybridized carbons (Fsp3) is 0.192. The summed E-state index contributed by atoms with van der Waals surface area (Å²) in [6.07, 6.45) is -0.172. The maximum Gasteiger partial charge on any atom is 0.325 e. The molecule has 3 aromatic carbocycles. The molecule has 0 aromatic heterocycles. The summed E-state index contributed by atoms with van der Waals surface area (Å²) in [5, 5.41) is 5.34. The molecular weight excluding hydrogens is 450 g/mol. The Morgan fingerprint density at radius 1 is 0.971 bits per heavy atom. The summed E-state index contributed by atoms with van der Waals surface area (Å²) in [6.45, 7) is 0.658. The predicted octanol–water partition coefficient (Wildman–Crippen LogP) is 3.44. The zero-order valence-electron chi connectivity index (χ0n) is 18.7. The highest BCUT2D eigenvalue weighted by molar-refractivity contribution is 6.06. The lowest BCUT2D eigenvalue weighted by molar-refractivity contribution is -0.130. The van der Waals surface area contributed by atoms with Gasteiger partial charge in [-0.25, -0.2) is 4.79 Å². The van der Waals surface area contributed by atoms with Gasteiger partial charge in [0.05, 0.1) is 13.0 Å². The summed E-state index contributed by atoms with van der Waals surface area (Å²) in [7, 11) is 0. The van der Waals surface area contributed by atoms with Crippen molar-refractivity contribution >= 4 is 23.5 Å². The highest BCUT2D eigenvalue weighted by atomic mass is 16.7. The molecule has 4 amide bonds. The van der Waals surface area contributed by atoms with Gasteiger partial charge in [-0.1, -0.05) is 36.4 Å². The normalized spacial score (nSPS) is 16.2. The van der Waals surface area contributed by atoms with Crippen LogP contribution in [0.1, 0.15) is 17.5 Å². The van der Waals surface area contributed by atoms with Gasteiger partial charge >= 0.3 is 6.03 Å². The molecule has 9 nitrogen and oxygen atoms in total. The summed E-state index contributed by atoms with van der Waals surface area (Å²) in [5.74, 6) is 1.03. The van der Waals surface area contributed by atoms with Gasteiger partial charge in [0.15, 0.2) is 11.5 Å². The highest BCUT2D eigenvalue weighted by Crippen LogP contribution is 2.33. The lowest BCUT2D eigenvalue weighted by Gasteiger charge is -2.13. The van der Waals surface area contributed by atoms with Crippen LogP contribution in [0.5, 0.6) is 17.2 Å². The van der Waals surface area contributed by atoms with E-state index in [0.717, 1.165) is 16.0 Å². The molecule has 1 unspecified atom stereocenters. The lowest BCUT2D eigenvalue weighted by Crippen LogP contribution is -2.34. The van der Waals surface area contributed by atoms with Crippen molar-refractivity contribution in [3.8, 4) is 17.2 Å². The molecule has 3 aromatic rings. The maximum absolute atomic E-state index is 12.8. The van der Waals surface area contributed by atoms with Gasteiger partial charge < -0.3 is 24.8 Å². The van der Waals surface area contributed by atoms with E-state index in [1.165, 1.54) is 0 Å². The van der Waals surface area contributed by atoms with Gasteiger partial charge in [0.25, 0.3) is 5.91 Å². The van der Waals surface area contributed by atoms with Crippen LogP contribution in [0.2, 0.25) is 0 Å². The number of rotatable bonds is 8. The van der Waals surface area contributed by atoms with Crippen LogP contribution in [-0.4, -0.2) is 35.6 Å². The first-order valence-corrected chi connectivity index (χ1v) is 11.1. The maximum atomic E-state index is 12.8. The Labute approximate surface area is 201 Å². The summed E-state index contributed by atoms with van der Waals surface area (Å²) >= 11 is 0. The Morgan fingerprint density at radius 2 is 1.74 bits per heavy atom. The molecule has 9 heteroatoms. The fourth-order valence-corrected chi connectivity index (χ4v) is 3.86. The van der Waals surface area contributed by atoms with Crippen molar-refractivity contribution in [2.75, 3.05) is 12.1 Å². The average molecular weight is 473 g/mol. The van der Waals surface area contributed by atoms with Crippen LogP contribution >= 0.6 is 0 Å². The molecule has 0 saturated carbocycles. The standard InChI is InChI=1S/C26H23N3O6/c30-24(27-19-7-9-20(10-8-19)33-15-17-4-2-1-3-5-17)13-21-25(31)29(26(32)28-21)14-18-6-11-22-23(12-18)35-16-34-22/h1-12,21H,13-16H2,(H,27,30)(H,28,32). The number of amides is 4. The number of hydrogen-bond donors (Lipinski definition) is 2. The Morgan fingerprint density at radius 3 is 2.54 bits per heavy atom. The number of carbonyl (C=O) groups excluding carboxylic acids is 3. The molecule has 35 heavy (non-hydrogen) atoms. The molecule has 0 aliphatic carbocycles. The molecule has 0 bridgehead atoms. The number of ether oxygens (including phenoxy) is 3. The zero-order valence-corrected chi connectivity index (χ0v) is 18.7. The van der Waals surface area contributed by atoms with Gasteiger partial charge in [-0.3, -0.25) is 14.5 Å². The molecule has 0 radical (unpaired) electrons. The first-order chi connectivity index (χ1) is 17.0. The van der Waals surface area contributed by atoms with Crippen LogP contribution in [-0.2, 0) is 22.7 Å². The number of anilines is 1. The molecule has 0 spiro atoms. The van der Waals surface area contributed by atoms with Gasteiger partial charge in [0.2, 0.25) is 12.7 Å². The summed E-state index contributed by atoms with van der Waals surface area (Å²) in [5.41, 5.74) is 2.34. The minimum absolute atomic E-state index is 0.0733. The van der Waals surface area contributed by atoms with Crippen LogP contribution in [0.3, 0.4) is 0 Å². The lowest BCUT2D eigenvalue weighted by atomic mass is 10.1. The Balaban J connectivity index is 1.13. The zero-order chi connectivity index (χ0) is 24.2. The van der Waals surface area contributed by atoms with Gasteiger partial charge in [0, 0.05) is 5.69 Å². The molecule has 2 N–H and O–H groups in total. The first-order valence-electron chi connectivity index (χ1n) is 11.1. The third-order valence-corrected chi connectivity index (χ3v) is 5.66. The van der Waals surface area contributed by atoms with E-state index in [2.05, 4.69) is 10.6 Å². The number of nitrogens with one attached hydrogen (secondary N) is 2. The molecule has 2 heterocycles. The second-order valence-electron chi connectivity index (χ2n) is 8.17. The Kier molecular flexibility index (Phi) is 6.21. The quantitative estimate of drug-likeness (QED) is 0.486. The third kappa shape index (κ3) is 5.19. The summed E-state index contributed by atoms with van der Waals surface area (Å²) in [6, 6.07) is 20.5. The smallest absolute Gasteiger partial charge is 0.325 e. The van der Waals surface area contributed by atoms with Gasteiger partial charge in [-0.15, -0.1) is 0 Å². The number of benzene rings is 3. The van der Waals surface area contributed by atoms with Crippen molar-refractivity contribution in [1.82, 2.24) is 10.2 Å². The SMILES string of the molecule is O=C(CC1NC(=O)N(Cc2ccc3c(c2)OCO3)C1=O)Nc1ccc(OCc2ccccc2)cc1. The molecule has 1 atom stereocenters. The number of imide groups is 1. The van der Waals surface area contributed by atoms with Gasteiger partial charge in [-0.2, -0.15) is 0 Å². The van der Waals surface area contributed by atoms with E-state index in [4.69, 9.17) is 14.2 Å². The van der Waals surface area contributed by atoms with Crippen LogP contribution < -0.4 is 24.8 Å². The van der Waals surface area contributed by atoms with E-state index < -0.39 is 18.0 Å². The first kappa shape index (κ1) is 22.3. The monoisotopic (exact) mass is 473 g/mol. The van der Waals surface area contributed by atoms with Crippen molar-refractivity contribution in [1.29, 1.82) is 0 Å². The van der Waals surface area contributed by atoms with Gasteiger partial charge in [0.1, 0.15) is 18.4 Å². The van der Waals surface area contributed by atoms with E-state index in [1.807, 2.05) is 30.3 Å². The third-order valence-electron chi connectivity index (χ3n) is 5.66. The molecular formula is C26H23N3O6. The predicted molar refractivity (Wildman–Crippen MR) is 126 cm³/mol. The van der Waals surface area contributed by atoms with E-state index >= 15 is 0 Å². The second-order valence-corrected chi connectivity index (χ2v) is 8.17. The molecule has 2 aliphatic rings. The van der Waals surface area contributed by atoms with Crippen LogP contribution in [0, 0.1) is 0 Å². The second kappa shape index (κ2) is 9.76. The van der Waals surface area contributed by atoms with E-state index in [9.17, 15) is 14.4 Å². The van der Waals surface area contributed by atoms with Crippen molar-refractivity contribution in [2.45, 2.75) is 25.6 Å². The van der Waals surface area contributed by atoms with Crippen molar-refractivity contribution in [2.24, 2.45) is 0 Å². The Bertz CT molecular complexity index is 1250. The molecule has 2 aliphatic heterocycles. The number of carbonyl (C=O) groups is 3. The molecule has 1 fully saturated rings. The summed E-state index contributed by atoms with van der Waals surface area (Å²) < 4.78 is 16.4. The number of fused-ring (bicyclic) bond motifs is 1. The van der Waals surface area contributed by atoms with Crippen LogP contribution in [0.4, 0.5) is 10.5 Å². The molecule has 178 valence electrons. The van der Waals surface area contributed by atoms with Crippen LogP contribution in [0.15, 0.2) is 72.8 Å². The fourth-order valence-electron chi connectivity index (χ4n) is 3.86. The average Bonchev–Trinajstić information content (AvgIpc) is 3.44. The Hall–Kier alpha value is -4.53. The number of urea groups is 1. The minimum Gasteiger partial charge on any atom is -0.489 e. The van der Waals surface area contributed by atoms with Gasteiger partial charge in [-0.05, 0) is 47.5 Å². The number of nitrogens with zero attached hydrogens (tertiary/aromatic N) is 1. The van der Waals surface area contributed by atoms with Crippen molar-refractivity contribution < 1.29 is 28.6 Å². The number of hydrogen-bond acceptors (Lipinski definition) is 6. The molecule has 1 saturated heterocycles. The molecule has 5 rings (SSSR count). The van der Waals surface area contributed by atoms with E-state index in [-0.39, 0.29) is 25.7 Å². The minimum atomic E-state index is -0.926. The van der Waals surface area contributed by atoms with E-state index in [0.29, 0.717) is 29.5 Å². The van der Waals surface area contributed by atoms with Crippen LogP contribution in [0.25, 0.3) is 0 Å². The van der Waals surface area contributed by atoms with E-state index in [1.54, 1.807) is 42.5 Å². The highest BCUT2D eigenvalue weighted by Gasteiger charge is 2.39. The topological polar surface area (TPSA) is 106 Å². The largest absolute Gasteiger partial charge is 0.489 e. The van der Waals surface area contributed by atoms with Crippen molar-refractivity contribution in [3.63, 3.8) is 0 Å². The van der Waals surface area contributed by atoms with Crippen molar-refractivity contribution in [3.05, 3.63) is 83.9 Å². The summed E-state index contributed by atoms with van der Waals surface area (Å²) in [4.78, 5) is 38.7.